The third kappa shape index (κ3) is 4.72. The number of hydrogen-bond donors (Lipinski definition) is 0. The van der Waals surface area contributed by atoms with Crippen molar-refractivity contribution in [3.63, 3.8) is 0 Å². The number of aryl methyl sites for hydroxylation is 1. The van der Waals surface area contributed by atoms with Gasteiger partial charge in [0.05, 0.1) is 5.56 Å². The number of allylic oxidation sites excluding steroid dienone is 1. The number of carbonyl (C=O) groups excluding carboxylic acids is 1. The Kier molecular flexibility index (Phi) is 5.82. The zero-order valence-electron chi connectivity index (χ0n) is 13.8. The molecule has 0 aliphatic carbocycles. The van der Waals surface area contributed by atoms with Crippen molar-refractivity contribution in [1.29, 1.82) is 0 Å². The first-order chi connectivity index (χ1) is 12.2. The van der Waals surface area contributed by atoms with Crippen LogP contribution in [0.25, 0.3) is 6.08 Å². The Labute approximate surface area is 147 Å². The monoisotopic (exact) mass is 364 g/mol. The Morgan fingerprint density at radius 3 is 2.69 bits per heavy atom. The van der Waals surface area contributed by atoms with E-state index < -0.39 is 23.1 Å². The van der Waals surface area contributed by atoms with Crippen molar-refractivity contribution >= 4 is 11.9 Å². The summed E-state index contributed by atoms with van der Waals surface area (Å²) in [4.78, 5) is 24.3. The summed E-state index contributed by atoms with van der Waals surface area (Å²) in [5.74, 6) is -0.458. The van der Waals surface area contributed by atoms with E-state index in [-0.39, 0.29) is 29.2 Å². The Morgan fingerprint density at radius 2 is 2.04 bits per heavy atom. The molecule has 136 valence electrons. The molecule has 0 saturated heterocycles. The molecule has 0 bridgehead atoms. The molecule has 1 aromatic carbocycles. The average molecular weight is 364 g/mol. The predicted octanol–water partition coefficient (Wildman–Crippen LogP) is 4.43. The number of hydrogen-bond acceptors (Lipinski definition) is 4. The first-order valence-electron chi connectivity index (χ1n) is 7.50. The van der Waals surface area contributed by atoms with Crippen molar-refractivity contribution in [2.24, 2.45) is 0 Å². The molecule has 0 aliphatic heterocycles. The maximum atomic E-state index is 12.7. The molecule has 0 saturated carbocycles. The zero-order chi connectivity index (χ0) is 19.3. The summed E-state index contributed by atoms with van der Waals surface area (Å²) in [5, 5.41) is 0. The largest absolute Gasteiger partial charge is 0.488 e. The van der Waals surface area contributed by atoms with Gasteiger partial charge in [-0.2, -0.15) is 13.2 Å². The summed E-state index contributed by atoms with van der Waals surface area (Å²) in [6, 6.07) is 5.85. The van der Waals surface area contributed by atoms with E-state index in [2.05, 4.69) is 6.58 Å². The zero-order valence-corrected chi connectivity index (χ0v) is 13.8. The Bertz CT molecular complexity index is 908. The van der Waals surface area contributed by atoms with E-state index in [1.165, 1.54) is 37.3 Å². The van der Waals surface area contributed by atoms with E-state index in [1.807, 2.05) is 0 Å². The topological polar surface area (TPSA) is 56.5 Å². The second-order valence-electron chi connectivity index (χ2n) is 5.30. The molecule has 0 atom stereocenters. The molecule has 0 unspecified atom stereocenters. The smallest absolute Gasteiger partial charge is 0.416 e. The van der Waals surface area contributed by atoms with Gasteiger partial charge in [-0.1, -0.05) is 30.9 Å². The van der Waals surface area contributed by atoms with Crippen molar-refractivity contribution in [1.82, 2.24) is 0 Å². The van der Waals surface area contributed by atoms with Crippen molar-refractivity contribution in [2.75, 3.05) is 6.61 Å². The number of ketones is 1. The van der Waals surface area contributed by atoms with Gasteiger partial charge in [0, 0.05) is 6.07 Å². The lowest BCUT2D eigenvalue weighted by Gasteiger charge is -2.08. The SMILES string of the molecule is C=CCOc1cc(C)oc(=O)c1C(=O)C=Cc1cccc(C(F)(F)F)c1. The highest BCUT2D eigenvalue weighted by Gasteiger charge is 2.30. The highest BCUT2D eigenvalue weighted by atomic mass is 19.4. The van der Waals surface area contributed by atoms with E-state index in [4.69, 9.17) is 9.15 Å². The first-order valence-corrected chi connectivity index (χ1v) is 7.50. The minimum absolute atomic E-state index is 0.0253. The van der Waals surface area contributed by atoms with E-state index >= 15 is 0 Å². The molecule has 0 N–H and O–H groups in total. The lowest BCUT2D eigenvalue weighted by atomic mass is 10.1. The summed E-state index contributed by atoms with van der Waals surface area (Å²) in [6.07, 6.45) is -0.861. The van der Waals surface area contributed by atoms with Gasteiger partial charge in [0.1, 0.15) is 23.7 Å². The van der Waals surface area contributed by atoms with Crippen LogP contribution in [0.1, 0.15) is 27.2 Å². The van der Waals surface area contributed by atoms with Gasteiger partial charge in [-0.05, 0) is 30.7 Å². The summed E-state index contributed by atoms with van der Waals surface area (Å²) in [7, 11) is 0. The van der Waals surface area contributed by atoms with Crippen molar-refractivity contribution < 1.29 is 27.1 Å². The number of halogens is 3. The van der Waals surface area contributed by atoms with Crippen LogP contribution in [0.4, 0.5) is 13.2 Å². The fourth-order valence-corrected chi connectivity index (χ4v) is 2.14. The van der Waals surface area contributed by atoms with Crippen LogP contribution >= 0.6 is 0 Å². The second-order valence-corrected chi connectivity index (χ2v) is 5.30. The third-order valence-corrected chi connectivity index (χ3v) is 3.28. The van der Waals surface area contributed by atoms with Crippen LogP contribution in [-0.2, 0) is 6.18 Å². The molecule has 0 radical (unpaired) electrons. The Hall–Kier alpha value is -3.09. The number of alkyl halides is 3. The average Bonchev–Trinajstić information content (AvgIpc) is 2.57. The van der Waals surface area contributed by atoms with E-state index in [1.54, 1.807) is 0 Å². The molecule has 1 aromatic heterocycles. The van der Waals surface area contributed by atoms with Gasteiger partial charge in [-0.15, -0.1) is 0 Å². The fourth-order valence-electron chi connectivity index (χ4n) is 2.14. The van der Waals surface area contributed by atoms with Crippen LogP contribution < -0.4 is 10.4 Å². The maximum Gasteiger partial charge on any atom is 0.416 e. The molecule has 0 aliphatic rings. The maximum absolute atomic E-state index is 12.7. The number of rotatable bonds is 6. The van der Waals surface area contributed by atoms with Gasteiger partial charge in [-0.3, -0.25) is 4.79 Å². The van der Waals surface area contributed by atoms with Gasteiger partial charge in [0.15, 0.2) is 5.78 Å². The van der Waals surface area contributed by atoms with E-state index in [0.29, 0.717) is 0 Å². The molecule has 2 aromatic rings. The quantitative estimate of drug-likeness (QED) is 0.432. The highest BCUT2D eigenvalue weighted by Crippen LogP contribution is 2.29. The van der Waals surface area contributed by atoms with Crippen molar-refractivity contribution in [3.05, 3.63) is 81.9 Å². The second kappa shape index (κ2) is 7.86. The summed E-state index contributed by atoms with van der Waals surface area (Å²) in [6.45, 7) is 5.07. The number of carbonyl (C=O) groups is 1. The van der Waals surface area contributed by atoms with Crippen LogP contribution in [0, 0.1) is 6.92 Å². The molecule has 4 nitrogen and oxygen atoms in total. The van der Waals surface area contributed by atoms with Gasteiger partial charge in [-0.25, -0.2) is 4.79 Å². The Morgan fingerprint density at radius 1 is 1.31 bits per heavy atom. The van der Waals surface area contributed by atoms with Crippen LogP contribution in [0.2, 0.25) is 0 Å². The van der Waals surface area contributed by atoms with Gasteiger partial charge >= 0.3 is 11.8 Å². The molecular formula is C19H15F3O4. The molecule has 0 spiro atoms. The normalized spacial score (nSPS) is 11.5. The molecule has 1 heterocycles. The standard InChI is InChI=1S/C19H15F3O4/c1-3-9-25-16-10-12(2)26-18(24)17(16)15(23)8-7-13-5-4-6-14(11-13)19(20,21)22/h3-8,10-11H,1,9H2,2H3. The van der Waals surface area contributed by atoms with Crippen molar-refractivity contribution in [3.8, 4) is 5.75 Å². The summed E-state index contributed by atoms with van der Waals surface area (Å²) >= 11 is 0. The number of benzene rings is 1. The van der Waals surface area contributed by atoms with Gasteiger partial charge in [0.25, 0.3) is 0 Å². The first kappa shape index (κ1) is 19.2. The molecule has 7 heteroatoms. The van der Waals surface area contributed by atoms with Gasteiger partial charge < -0.3 is 9.15 Å². The minimum Gasteiger partial charge on any atom is -0.488 e. The van der Waals surface area contributed by atoms with E-state index in [9.17, 15) is 22.8 Å². The van der Waals surface area contributed by atoms with Crippen LogP contribution in [0.5, 0.6) is 5.75 Å². The predicted molar refractivity (Wildman–Crippen MR) is 90.2 cm³/mol. The number of ether oxygens (including phenoxy) is 1. The Balaban J connectivity index is 2.34. The minimum atomic E-state index is -4.49. The molecule has 2 rings (SSSR count). The van der Waals surface area contributed by atoms with Gasteiger partial charge in [0.2, 0.25) is 0 Å². The van der Waals surface area contributed by atoms with Crippen LogP contribution in [0.15, 0.2) is 58.3 Å². The molecule has 0 amide bonds. The fraction of sp³-hybridized carbons (Fsp3) is 0.158. The summed E-state index contributed by atoms with van der Waals surface area (Å²) in [5.41, 5.74) is -1.89. The van der Waals surface area contributed by atoms with Crippen LogP contribution in [0.3, 0.4) is 0 Å². The molecular weight excluding hydrogens is 349 g/mol. The van der Waals surface area contributed by atoms with Crippen LogP contribution in [-0.4, -0.2) is 12.4 Å². The van der Waals surface area contributed by atoms with Crippen molar-refractivity contribution in [2.45, 2.75) is 13.1 Å². The summed E-state index contributed by atoms with van der Waals surface area (Å²) < 4.78 is 48.4. The third-order valence-electron chi connectivity index (χ3n) is 3.28. The molecule has 26 heavy (non-hydrogen) atoms. The lowest BCUT2D eigenvalue weighted by molar-refractivity contribution is -0.137. The molecule has 0 fully saturated rings. The lowest BCUT2D eigenvalue weighted by Crippen LogP contribution is -2.15. The highest BCUT2D eigenvalue weighted by molar-refractivity contribution is 6.08. The van der Waals surface area contributed by atoms with E-state index in [0.717, 1.165) is 18.2 Å².